The summed E-state index contributed by atoms with van der Waals surface area (Å²) in [5, 5.41) is 15.6. The largest absolute Gasteiger partial charge is 0.484 e. The van der Waals surface area contributed by atoms with Crippen LogP contribution in [0.2, 0.25) is 0 Å². The molecule has 1 amide bonds. The molecular formula is C17H12BrN3O4S. The Morgan fingerprint density at radius 1 is 1.19 bits per heavy atom. The lowest BCUT2D eigenvalue weighted by Crippen LogP contribution is -2.20. The first-order valence-corrected chi connectivity index (χ1v) is 9.07. The van der Waals surface area contributed by atoms with E-state index >= 15 is 0 Å². The van der Waals surface area contributed by atoms with Gasteiger partial charge in [-0.25, -0.2) is 4.98 Å². The van der Waals surface area contributed by atoms with Crippen molar-refractivity contribution in [3.8, 4) is 17.0 Å². The summed E-state index contributed by atoms with van der Waals surface area (Å²) in [5.41, 5.74) is 1.38. The van der Waals surface area contributed by atoms with Gasteiger partial charge in [-0.1, -0.05) is 15.9 Å². The topological polar surface area (TPSA) is 94.4 Å². The molecule has 0 saturated heterocycles. The van der Waals surface area contributed by atoms with Crippen molar-refractivity contribution in [2.45, 2.75) is 0 Å². The van der Waals surface area contributed by atoms with Gasteiger partial charge in [-0.15, -0.1) is 11.3 Å². The van der Waals surface area contributed by atoms with E-state index in [0.29, 0.717) is 16.6 Å². The standard InChI is InChI=1S/C17H12BrN3O4S/c18-12-3-7-14(8-4-12)25-9-16(22)20-17-19-15(10-26-17)11-1-5-13(6-2-11)21(23)24/h1-8,10H,9H2,(H,19,20,22). The normalized spacial score (nSPS) is 10.3. The van der Waals surface area contributed by atoms with Crippen molar-refractivity contribution in [2.24, 2.45) is 0 Å². The number of non-ortho nitro benzene ring substituents is 1. The Morgan fingerprint density at radius 2 is 1.88 bits per heavy atom. The second-order valence-corrected chi connectivity index (χ2v) is 6.91. The van der Waals surface area contributed by atoms with Gasteiger partial charge in [0.05, 0.1) is 10.6 Å². The van der Waals surface area contributed by atoms with Crippen LogP contribution in [0.25, 0.3) is 11.3 Å². The molecular weight excluding hydrogens is 422 g/mol. The molecule has 0 aliphatic carbocycles. The maximum Gasteiger partial charge on any atom is 0.269 e. The van der Waals surface area contributed by atoms with Gasteiger partial charge in [-0.2, -0.15) is 0 Å². The van der Waals surface area contributed by atoms with Crippen LogP contribution in [0, 0.1) is 10.1 Å². The Bertz CT molecular complexity index is 926. The van der Waals surface area contributed by atoms with Gasteiger partial charge in [-0.3, -0.25) is 20.2 Å². The van der Waals surface area contributed by atoms with E-state index in [4.69, 9.17) is 4.74 Å². The summed E-state index contributed by atoms with van der Waals surface area (Å²) in [7, 11) is 0. The summed E-state index contributed by atoms with van der Waals surface area (Å²) in [6.45, 7) is -0.131. The highest BCUT2D eigenvalue weighted by atomic mass is 79.9. The maximum atomic E-state index is 12.0. The molecule has 0 aliphatic heterocycles. The van der Waals surface area contributed by atoms with Crippen LogP contribution in [0.1, 0.15) is 0 Å². The SMILES string of the molecule is O=C(COc1ccc(Br)cc1)Nc1nc(-c2ccc([N+](=O)[O-])cc2)cs1. The average Bonchev–Trinajstić information content (AvgIpc) is 3.10. The highest BCUT2D eigenvalue weighted by molar-refractivity contribution is 9.10. The molecule has 0 saturated carbocycles. The number of rotatable bonds is 6. The van der Waals surface area contributed by atoms with Crippen molar-refractivity contribution >= 4 is 44.0 Å². The lowest BCUT2D eigenvalue weighted by Gasteiger charge is -2.05. The molecule has 1 N–H and O–H groups in total. The number of hydrogen-bond acceptors (Lipinski definition) is 6. The predicted octanol–water partition coefficient (Wildman–Crippen LogP) is 4.50. The van der Waals surface area contributed by atoms with Crippen molar-refractivity contribution in [1.82, 2.24) is 4.98 Å². The number of carbonyl (C=O) groups is 1. The smallest absolute Gasteiger partial charge is 0.269 e. The molecule has 0 atom stereocenters. The molecule has 2 aromatic carbocycles. The van der Waals surface area contributed by atoms with E-state index in [1.54, 1.807) is 29.6 Å². The minimum Gasteiger partial charge on any atom is -0.484 e. The molecule has 132 valence electrons. The number of nitrogens with zero attached hydrogens (tertiary/aromatic N) is 2. The fraction of sp³-hybridized carbons (Fsp3) is 0.0588. The molecule has 1 aromatic heterocycles. The van der Waals surface area contributed by atoms with Crippen LogP contribution in [0.3, 0.4) is 0 Å². The second kappa shape index (κ2) is 8.07. The van der Waals surface area contributed by atoms with Crippen LogP contribution in [0.15, 0.2) is 58.4 Å². The van der Waals surface area contributed by atoms with Gasteiger partial charge in [0.25, 0.3) is 11.6 Å². The van der Waals surface area contributed by atoms with Crippen molar-refractivity contribution in [3.63, 3.8) is 0 Å². The van der Waals surface area contributed by atoms with Crippen LogP contribution < -0.4 is 10.1 Å². The highest BCUT2D eigenvalue weighted by Gasteiger charge is 2.10. The quantitative estimate of drug-likeness (QED) is 0.456. The summed E-state index contributed by atoms with van der Waals surface area (Å²) in [6, 6.07) is 13.2. The monoisotopic (exact) mass is 433 g/mol. The van der Waals surface area contributed by atoms with Gasteiger partial charge < -0.3 is 4.74 Å². The lowest BCUT2D eigenvalue weighted by atomic mass is 10.1. The van der Waals surface area contributed by atoms with Crippen LogP contribution >= 0.6 is 27.3 Å². The first-order valence-electron chi connectivity index (χ1n) is 7.40. The van der Waals surface area contributed by atoms with Crippen LogP contribution in [0.4, 0.5) is 10.8 Å². The third kappa shape index (κ3) is 4.64. The van der Waals surface area contributed by atoms with Crippen molar-refractivity contribution in [3.05, 3.63) is 68.5 Å². The van der Waals surface area contributed by atoms with Crippen LogP contribution in [-0.4, -0.2) is 22.4 Å². The zero-order valence-corrected chi connectivity index (χ0v) is 15.6. The van der Waals surface area contributed by atoms with E-state index in [1.165, 1.54) is 23.5 Å². The number of amides is 1. The number of carbonyl (C=O) groups excluding carboxylic acids is 1. The number of nitro benzene ring substituents is 1. The number of benzene rings is 2. The third-order valence-corrected chi connectivity index (χ3v) is 4.59. The maximum absolute atomic E-state index is 12.0. The zero-order chi connectivity index (χ0) is 18.5. The van der Waals surface area contributed by atoms with Gasteiger partial charge in [-0.05, 0) is 36.4 Å². The first kappa shape index (κ1) is 18.0. The minimum atomic E-state index is -0.456. The van der Waals surface area contributed by atoms with E-state index in [2.05, 4.69) is 26.2 Å². The molecule has 26 heavy (non-hydrogen) atoms. The average molecular weight is 434 g/mol. The summed E-state index contributed by atoms with van der Waals surface area (Å²) in [5.74, 6) is 0.270. The Labute approximate surface area is 160 Å². The molecule has 0 aliphatic rings. The Balaban J connectivity index is 1.58. The van der Waals surface area contributed by atoms with Gasteiger partial charge in [0.15, 0.2) is 11.7 Å². The number of ether oxygens (including phenoxy) is 1. The van der Waals surface area contributed by atoms with Gasteiger partial charge in [0, 0.05) is 27.5 Å². The van der Waals surface area contributed by atoms with E-state index in [0.717, 1.165) is 10.0 Å². The summed E-state index contributed by atoms with van der Waals surface area (Å²) in [6.07, 6.45) is 0. The highest BCUT2D eigenvalue weighted by Crippen LogP contribution is 2.26. The Kier molecular flexibility index (Phi) is 5.59. The summed E-state index contributed by atoms with van der Waals surface area (Å²) in [4.78, 5) is 26.5. The predicted molar refractivity (Wildman–Crippen MR) is 102 cm³/mol. The van der Waals surface area contributed by atoms with E-state index in [9.17, 15) is 14.9 Å². The van der Waals surface area contributed by atoms with Gasteiger partial charge >= 0.3 is 0 Å². The Hall–Kier alpha value is -2.78. The number of halogens is 1. The number of nitrogens with one attached hydrogen (secondary N) is 1. The molecule has 0 unspecified atom stereocenters. The fourth-order valence-electron chi connectivity index (χ4n) is 2.05. The minimum absolute atomic E-state index is 0.0163. The summed E-state index contributed by atoms with van der Waals surface area (Å²) < 4.78 is 6.33. The first-order chi connectivity index (χ1) is 12.5. The van der Waals surface area contributed by atoms with E-state index in [-0.39, 0.29) is 18.2 Å². The second-order valence-electron chi connectivity index (χ2n) is 5.13. The third-order valence-electron chi connectivity index (χ3n) is 3.31. The number of hydrogen-bond donors (Lipinski definition) is 1. The molecule has 7 nitrogen and oxygen atoms in total. The van der Waals surface area contributed by atoms with Gasteiger partial charge in [0.1, 0.15) is 5.75 Å². The number of aromatic nitrogens is 1. The number of nitro groups is 1. The van der Waals surface area contributed by atoms with Crippen LogP contribution in [0.5, 0.6) is 5.75 Å². The molecule has 3 aromatic rings. The molecule has 0 radical (unpaired) electrons. The van der Waals surface area contributed by atoms with Crippen molar-refractivity contribution in [2.75, 3.05) is 11.9 Å². The van der Waals surface area contributed by atoms with Crippen molar-refractivity contribution < 1.29 is 14.5 Å². The molecule has 0 spiro atoms. The van der Waals surface area contributed by atoms with E-state index in [1.807, 2.05) is 12.1 Å². The molecule has 3 rings (SSSR count). The van der Waals surface area contributed by atoms with E-state index < -0.39 is 4.92 Å². The molecule has 0 bridgehead atoms. The number of anilines is 1. The van der Waals surface area contributed by atoms with Crippen LogP contribution in [-0.2, 0) is 4.79 Å². The molecule has 0 fully saturated rings. The molecule has 9 heteroatoms. The molecule has 1 heterocycles. The zero-order valence-electron chi connectivity index (χ0n) is 13.2. The fourth-order valence-corrected chi connectivity index (χ4v) is 3.05. The number of thiazole rings is 1. The lowest BCUT2D eigenvalue weighted by molar-refractivity contribution is -0.384. The Morgan fingerprint density at radius 3 is 2.54 bits per heavy atom. The van der Waals surface area contributed by atoms with Gasteiger partial charge in [0.2, 0.25) is 0 Å². The van der Waals surface area contributed by atoms with Crippen molar-refractivity contribution in [1.29, 1.82) is 0 Å². The summed E-state index contributed by atoms with van der Waals surface area (Å²) >= 11 is 4.60.